The van der Waals surface area contributed by atoms with E-state index in [1.807, 2.05) is 31.2 Å². The minimum absolute atomic E-state index is 0.110. The predicted molar refractivity (Wildman–Crippen MR) is 109 cm³/mol. The lowest BCUT2D eigenvalue weighted by molar-refractivity contribution is -0.140. The van der Waals surface area contributed by atoms with Gasteiger partial charge in [-0.15, -0.1) is 11.3 Å². The molecule has 2 N–H and O–H groups in total. The summed E-state index contributed by atoms with van der Waals surface area (Å²) >= 11 is 1.12. The molecular formula is C19H23N3O5S2. The van der Waals surface area contributed by atoms with Crippen molar-refractivity contribution in [2.24, 2.45) is 0 Å². The number of ether oxygens (including phenoxy) is 1. The maximum absolute atomic E-state index is 12.8. The van der Waals surface area contributed by atoms with Crippen LogP contribution in [-0.2, 0) is 30.9 Å². The Morgan fingerprint density at radius 3 is 2.59 bits per heavy atom. The van der Waals surface area contributed by atoms with Crippen molar-refractivity contribution in [3.05, 3.63) is 52.9 Å². The lowest BCUT2D eigenvalue weighted by Gasteiger charge is -2.34. The van der Waals surface area contributed by atoms with E-state index in [2.05, 4.69) is 10.6 Å². The molecule has 0 bridgehead atoms. The summed E-state index contributed by atoms with van der Waals surface area (Å²) in [6.45, 7) is 2.76. The second kappa shape index (κ2) is 9.49. The third-order valence-electron chi connectivity index (χ3n) is 4.43. The average molecular weight is 438 g/mol. The molecule has 1 fully saturated rings. The van der Waals surface area contributed by atoms with E-state index in [4.69, 9.17) is 4.74 Å². The first-order chi connectivity index (χ1) is 13.9. The summed E-state index contributed by atoms with van der Waals surface area (Å²) in [4.78, 5) is 24.1. The van der Waals surface area contributed by atoms with Gasteiger partial charge in [-0.3, -0.25) is 9.59 Å². The van der Waals surface area contributed by atoms with E-state index in [9.17, 15) is 18.0 Å². The molecule has 1 atom stereocenters. The van der Waals surface area contributed by atoms with Gasteiger partial charge in [-0.05, 0) is 30.4 Å². The topological polar surface area (TPSA) is 105 Å². The van der Waals surface area contributed by atoms with Crippen molar-refractivity contribution < 1.29 is 22.7 Å². The maximum atomic E-state index is 12.8. The Balaban J connectivity index is 1.55. The number of rotatable bonds is 6. The number of carbonyl (C=O) groups excluding carboxylic acids is 2. The Bertz CT molecular complexity index is 943. The van der Waals surface area contributed by atoms with E-state index in [1.165, 1.54) is 10.4 Å². The van der Waals surface area contributed by atoms with Crippen molar-refractivity contribution >= 4 is 33.2 Å². The Morgan fingerprint density at radius 2 is 1.90 bits per heavy atom. The van der Waals surface area contributed by atoms with E-state index in [-0.39, 0.29) is 17.3 Å². The van der Waals surface area contributed by atoms with Crippen molar-refractivity contribution in [2.75, 3.05) is 19.7 Å². The summed E-state index contributed by atoms with van der Waals surface area (Å²) in [5, 5.41) is 6.70. The minimum Gasteiger partial charge on any atom is -0.360 e. The van der Waals surface area contributed by atoms with Crippen LogP contribution in [0.2, 0.25) is 0 Å². The van der Waals surface area contributed by atoms with Gasteiger partial charge in [0.1, 0.15) is 10.4 Å². The molecule has 2 amide bonds. The zero-order valence-electron chi connectivity index (χ0n) is 16.0. The first-order valence-electron chi connectivity index (χ1n) is 9.16. The van der Waals surface area contributed by atoms with Crippen LogP contribution < -0.4 is 10.6 Å². The molecule has 1 aromatic heterocycles. The number of hydrogen-bond donors (Lipinski definition) is 2. The van der Waals surface area contributed by atoms with Gasteiger partial charge in [0.25, 0.3) is 10.0 Å². The summed E-state index contributed by atoms with van der Waals surface area (Å²) in [5.74, 6) is -1.62. The van der Waals surface area contributed by atoms with Crippen molar-refractivity contribution in [3.63, 3.8) is 0 Å². The monoisotopic (exact) mass is 437 g/mol. The van der Waals surface area contributed by atoms with Crippen LogP contribution in [0.1, 0.15) is 17.5 Å². The SMILES string of the molecule is Cc1ccc(CNC(=O)C(=O)NCC2OCCCN2S(=O)(=O)c2cccs2)cc1. The Morgan fingerprint density at radius 1 is 1.17 bits per heavy atom. The smallest absolute Gasteiger partial charge is 0.309 e. The molecule has 0 aliphatic carbocycles. The second-order valence-electron chi connectivity index (χ2n) is 6.61. The Hall–Kier alpha value is -2.27. The molecule has 0 spiro atoms. The van der Waals surface area contributed by atoms with Crippen molar-refractivity contribution in [1.82, 2.24) is 14.9 Å². The third-order valence-corrected chi connectivity index (χ3v) is 7.69. The summed E-state index contributed by atoms with van der Waals surface area (Å²) < 4.78 is 32.6. The van der Waals surface area contributed by atoms with E-state index < -0.39 is 28.1 Å². The average Bonchev–Trinajstić information content (AvgIpc) is 3.27. The predicted octanol–water partition coefficient (Wildman–Crippen LogP) is 1.23. The standard InChI is InChI=1S/C19H23N3O5S2/c1-14-5-7-15(8-6-14)12-20-18(23)19(24)21-13-16-22(9-3-10-27-16)29(25,26)17-4-2-11-28-17/h2,4-8,11,16H,3,9-10,12-13H2,1H3,(H,20,23)(H,21,24). The molecule has 8 nitrogen and oxygen atoms in total. The molecule has 3 rings (SSSR count). The van der Waals surface area contributed by atoms with Crippen LogP contribution in [0.15, 0.2) is 46.0 Å². The number of nitrogens with zero attached hydrogens (tertiary/aromatic N) is 1. The van der Waals surface area contributed by atoms with Crippen molar-refractivity contribution in [1.29, 1.82) is 0 Å². The van der Waals surface area contributed by atoms with Crippen LogP contribution in [0.3, 0.4) is 0 Å². The van der Waals surface area contributed by atoms with E-state index in [0.29, 0.717) is 19.6 Å². The third kappa shape index (κ3) is 5.41. The maximum Gasteiger partial charge on any atom is 0.309 e. The number of thiophene rings is 1. The molecule has 2 aromatic rings. The highest BCUT2D eigenvalue weighted by Gasteiger charge is 2.35. The Labute approximate surface area is 173 Å². The van der Waals surface area contributed by atoms with Gasteiger partial charge < -0.3 is 15.4 Å². The van der Waals surface area contributed by atoms with Crippen LogP contribution in [0.4, 0.5) is 0 Å². The van der Waals surface area contributed by atoms with Gasteiger partial charge in [0.15, 0.2) is 0 Å². The molecule has 0 saturated carbocycles. The van der Waals surface area contributed by atoms with Crippen LogP contribution in [0.25, 0.3) is 0 Å². The molecular weight excluding hydrogens is 414 g/mol. The molecule has 2 heterocycles. The first-order valence-corrected chi connectivity index (χ1v) is 11.5. The molecule has 10 heteroatoms. The van der Waals surface area contributed by atoms with E-state index >= 15 is 0 Å². The van der Waals surface area contributed by atoms with Gasteiger partial charge >= 0.3 is 11.8 Å². The largest absolute Gasteiger partial charge is 0.360 e. The van der Waals surface area contributed by atoms with Gasteiger partial charge in [0.2, 0.25) is 0 Å². The zero-order chi connectivity index (χ0) is 20.9. The van der Waals surface area contributed by atoms with Gasteiger partial charge in [-0.1, -0.05) is 35.9 Å². The highest BCUT2D eigenvalue weighted by atomic mass is 32.2. The quantitative estimate of drug-likeness (QED) is 0.662. The molecule has 1 saturated heterocycles. The number of amides is 2. The van der Waals surface area contributed by atoms with Crippen LogP contribution in [0.5, 0.6) is 0 Å². The zero-order valence-corrected chi connectivity index (χ0v) is 17.6. The van der Waals surface area contributed by atoms with Crippen LogP contribution in [0, 0.1) is 6.92 Å². The Kier molecular flexibility index (Phi) is 7.01. The number of carbonyl (C=O) groups is 2. The molecule has 1 aliphatic rings. The summed E-state index contributed by atoms with van der Waals surface area (Å²) in [6.07, 6.45) is -0.295. The number of aryl methyl sites for hydroxylation is 1. The summed E-state index contributed by atoms with van der Waals surface area (Å²) in [5.41, 5.74) is 1.98. The number of benzene rings is 1. The molecule has 29 heavy (non-hydrogen) atoms. The normalized spacial score (nSPS) is 17.6. The lowest BCUT2D eigenvalue weighted by Crippen LogP contribution is -2.52. The number of sulfonamides is 1. The number of hydrogen-bond acceptors (Lipinski definition) is 6. The van der Waals surface area contributed by atoms with Gasteiger partial charge in [-0.2, -0.15) is 4.31 Å². The fourth-order valence-electron chi connectivity index (χ4n) is 2.86. The molecule has 1 unspecified atom stereocenters. The molecule has 1 aliphatic heterocycles. The lowest BCUT2D eigenvalue weighted by atomic mass is 10.1. The van der Waals surface area contributed by atoms with Gasteiger partial charge in [-0.25, -0.2) is 8.42 Å². The van der Waals surface area contributed by atoms with Gasteiger partial charge in [0, 0.05) is 13.1 Å². The van der Waals surface area contributed by atoms with Crippen molar-refractivity contribution in [2.45, 2.75) is 30.3 Å². The minimum atomic E-state index is -3.71. The molecule has 0 radical (unpaired) electrons. The summed E-state index contributed by atoms with van der Waals surface area (Å²) in [7, 11) is -3.71. The van der Waals surface area contributed by atoms with Crippen LogP contribution >= 0.6 is 11.3 Å². The van der Waals surface area contributed by atoms with E-state index in [0.717, 1.165) is 22.5 Å². The number of nitrogens with one attached hydrogen (secondary N) is 2. The van der Waals surface area contributed by atoms with E-state index in [1.54, 1.807) is 11.4 Å². The first kappa shape index (κ1) is 21.4. The van der Waals surface area contributed by atoms with Gasteiger partial charge in [0.05, 0.1) is 13.2 Å². The second-order valence-corrected chi connectivity index (χ2v) is 9.67. The molecule has 1 aromatic carbocycles. The summed E-state index contributed by atoms with van der Waals surface area (Å²) in [6, 6.07) is 10.8. The molecule has 156 valence electrons. The fraction of sp³-hybridized carbons (Fsp3) is 0.368. The van der Waals surface area contributed by atoms with Crippen molar-refractivity contribution in [3.8, 4) is 0 Å². The highest BCUT2D eigenvalue weighted by molar-refractivity contribution is 7.91. The van der Waals surface area contributed by atoms with Crippen LogP contribution in [-0.4, -0.2) is 50.5 Å². The fourth-order valence-corrected chi connectivity index (χ4v) is 5.54. The highest BCUT2D eigenvalue weighted by Crippen LogP contribution is 2.25.